The molecule has 0 radical (unpaired) electrons. The summed E-state index contributed by atoms with van der Waals surface area (Å²) in [5, 5.41) is 12.7. The molecule has 0 saturated heterocycles. The molecule has 0 aliphatic rings. The van der Waals surface area contributed by atoms with Crippen LogP contribution in [0.25, 0.3) is 0 Å². The van der Waals surface area contributed by atoms with Gasteiger partial charge in [-0.15, -0.1) is 0 Å². The second-order valence-electron chi connectivity index (χ2n) is 2.66. The minimum absolute atomic E-state index is 0.0897. The normalized spacial score (nSPS) is 10.2. The predicted molar refractivity (Wildman–Crippen MR) is 55.0 cm³/mol. The number of primary amides is 1. The minimum atomic E-state index is -0.746. The third-order valence-electron chi connectivity index (χ3n) is 1.60. The van der Waals surface area contributed by atoms with Gasteiger partial charge in [0, 0.05) is 11.6 Å². The number of carbonyl (C=O) groups excluding carboxylic acids is 1. The number of amides is 2. The number of nitrogens with one attached hydrogen (secondary N) is 1. The quantitative estimate of drug-likeness (QED) is 0.496. The fourth-order valence-electron chi connectivity index (χ4n) is 0.972. The summed E-state index contributed by atoms with van der Waals surface area (Å²) in [6.45, 7) is 0. The summed E-state index contributed by atoms with van der Waals surface area (Å²) in [6, 6.07) is 3.77. The van der Waals surface area contributed by atoms with E-state index in [1.165, 1.54) is 25.5 Å². The Hall–Kier alpha value is -2.24. The average molecular weight is 209 g/mol. The average Bonchev–Trinajstić information content (AvgIpc) is 2.19. The molecule has 6 heteroatoms. The highest BCUT2D eigenvalue weighted by molar-refractivity contribution is 5.85. The van der Waals surface area contributed by atoms with Crippen molar-refractivity contribution in [3.8, 4) is 11.5 Å². The lowest BCUT2D eigenvalue weighted by atomic mass is 10.2. The van der Waals surface area contributed by atoms with Crippen molar-refractivity contribution in [1.29, 1.82) is 0 Å². The molecule has 1 rings (SSSR count). The lowest BCUT2D eigenvalue weighted by Crippen LogP contribution is -2.24. The zero-order valence-corrected chi connectivity index (χ0v) is 8.10. The van der Waals surface area contributed by atoms with Crippen LogP contribution in [-0.4, -0.2) is 24.5 Å². The predicted octanol–water partition coefficient (Wildman–Crippen LogP) is 0.403. The van der Waals surface area contributed by atoms with Gasteiger partial charge in [-0.1, -0.05) is 0 Å². The summed E-state index contributed by atoms with van der Waals surface area (Å²) in [7, 11) is 1.47. The van der Waals surface area contributed by atoms with Crippen molar-refractivity contribution in [2.75, 3.05) is 7.11 Å². The fraction of sp³-hybridized carbons (Fsp3) is 0.111. The number of nitrogens with zero attached hydrogens (tertiary/aromatic N) is 1. The molecule has 0 aliphatic carbocycles. The molecule has 0 fully saturated rings. The van der Waals surface area contributed by atoms with Crippen LogP contribution in [0, 0.1) is 0 Å². The largest absolute Gasteiger partial charge is 0.508 e. The van der Waals surface area contributed by atoms with E-state index < -0.39 is 6.03 Å². The molecule has 0 aromatic heterocycles. The third kappa shape index (κ3) is 3.18. The number of aromatic hydroxyl groups is 1. The van der Waals surface area contributed by atoms with Crippen molar-refractivity contribution in [3.63, 3.8) is 0 Å². The van der Waals surface area contributed by atoms with Crippen molar-refractivity contribution in [2.24, 2.45) is 10.8 Å². The van der Waals surface area contributed by atoms with Gasteiger partial charge >= 0.3 is 6.03 Å². The number of nitrogens with two attached hydrogens (primary N) is 1. The molecule has 0 bridgehead atoms. The summed E-state index contributed by atoms with van der Waals surface area (Å²) in [4.78, 5) is 10.3. The molecule has 1 aromatic rings. The summed E-state index contributed by atoms with van der Waals surface area (Å²) in [5.74, 6) is 0.539. The molecular weight excluding hydrogens is 198 g/mol. The van der Waals surface area contributed by atoms with Crippen LogP contribution in [0.2, 0.25) is 0 Å². The van der Waals surface area contributed by atoms with E-state index in [-0.39, 0.29) is 5.75 Å². The van der Waals surface area contributed by atoms with E-state index in [2.05, 4.69) is 10.5 Å². The summed E-state index contributed by atoms with van der Waals surface area (Å²) >= 11 is 0. The minimum Gasteiger partial charge on any atom is -0.508 e. The van der Waals surface area contributed by atoms with Crippen molar-refractivity contribution in [2.45, 2.75) is 0 Å². The van der Waals surface area contributed by atoms with Crippen LogP contribution in [0.4, 0.5) is 4.79 Å². The third-order valence-corrected chi connectivity index (χ3v) is 1.60. The van der Waals surface area contributed by atoms with Crippen LogP contribution in [0.15, 0.2) is 23.3 Å². The van der Waals surface area contributed by atoms with E-state index in [0.717, 1.165) is 0 Å². The molecule has 80 valence electrons. The topological polar surface area (TPSA) is 96.9 Å². The number of hydrogen-bond donors (Lipinski definition) is 3. The highest BCUT2D eigenvalue weighted by atomic mass is 16.5. The van der Waals surface area contributed by atoms with Gasteiger partial charge in [0.05, 0.1) is 13.3 Å². The Labute approximate surface area is 86.4 Å². The van der Waals surface area contributed by atoms with Crippen LogP contribution < -0.4 is 15.9 Å². The van der Waals surface area contributed by atoms with Crippen LogP contribution >= 0.6 is 0 Å². The number of carbonyl (C=O) groups is 1. The van der Waals surface area contributed by atoms with Crippen molar-refractivity contribution < 1.29 is 14.6 Å². The zero-order valence-electron chi connectivity index (χ0n) is 8.10. The van der Waals surface area contributed by atoms with Gasteiger partial charge in [0.25, 0.3) is 0 Å². The van der Waals surface area contributed by atoms with E-state index in [4.69, 9.17) is 15.6 Å². The molecule has 0 atom stereocenters. The molecule has 0 saturated carbocycles. The van der Waals surface area contributed by atoms with Gasteiger partial charge in [-0.2, -0.15) is 5.10 Å². The number of methoxy groups -OCH3 is 1. The second-order valence-corrected chi connectivity index (χ2v) is 2.66. The molecule has 0 spiro atoms. The van der Waals surface area contributed by atoms with Gasteiger partial charge in [-0.25, -0.2) is 10.2 Å². The highest BCUT2D eigenvalue weighted by Gasteiger charge is 2.01. The van der Waals surface area contributed by atoms with Crippen molar-refractivity contribution in [1.82, 2.24) is 5.43 Å². The lowest BCUT2D eigenvalue weighted by molar-refractivity contribution is 0.249. The van der Waals surface area contributed by atoms with E-state index in [1.54, 1.807) is 6.07 Å². The molecule has 0 unspecified atom stereocenters. The van der Waals surface area contributed by atoms with Gasteiger partial charge in [-0.05, 0) is 12.1 Å². The lowest BCUT2D eigenvalue weighted by Gasteiger charge is -2.04. The molecule has 0 aliphatic heterocycles. The van der Waals surface area contributed by atoms with Gasteiger partial charge in [-0.3, -0.25) is 0 Å². The smallest absolute Gasteiger partial charge is 0.332 e. The summed E-state index contributed by atoms with van der Waals surface area (Å²) in [5.41, 5.74) is 7.48. The number of benzene rings is 1. The Kier molecular flexibility index (Phi) is 3.50. The van der Waals surface area contributed by atoms with Crippen molar-refractivity contribution >= 4 is 12.2 Å². The maximum absolute atomic E-state index is 10.3. The monoisotopic (exact) mass is 209 g/mol. The van der Waals surface area contributed by atoms with Crippen LogP contribution in [0.1, 0.15) is 5.56 Å². The Morgan fingerprint density at radius 3 is 3.00 bits per heavy atom. The van der Waals surface area contributed by atoms with Crippen LogP contribution in [0.5, 0.6) is 11.5 Å². The van der Waals surface area contributed by atoms with Gasteiger partial charge in [0.15, 0.2) is 0 Å². The Morgan fingerprint density at radius 1 is 1.67 bits per heavy atom. The number of ether oxygens (including phenoxy) is 1. The number of urea groups is 1. The second kappa shape index (κ2) is 4.85. The Bertz CT molecular complexity index is 390. The fourth-order valence-corrected chi connectivity index (χ4v) is 0.972. The number of phenols is 1. The first kappa shape index (κ1) is 10.8. The van der Waals surface area contributed by atoms with Gasteiger partial charge in [0.2, 0.25) is 0 Å². The molecule has 2 amide bonds. The summed E-state index contributed by atoms with van der Waals surface area (Å²) in [6.07, 6.45) is 1.36. The maximum atomic E-state index is 10.3. The Balaban J connectivity index is 2.84. The first-order valence-electron chi connectivity index (χ1n) is 4.09. The van der Waals surface area contributed by atoms with E-state index in [0.29, 0.717) is 11.3 Å². The first-order chi connectivity index (χ1) is 7.13. The maximum Gasteiger partial charge on any atom is 0.332 e. The first-order valence-corrected chi connectivity index (χ1v) is 4.09. The molecule has 1 aromatic carbocycles. The van der Waals surface area contributed by atoms with E-state index >= 15 is 0 Å². The van der Waals surface area contributed by atoms with Crippen molar-refractivity contribution in [3.05, 3.63) is 23.8 Å². The zero-order chi connectivity index (χ0) is 11.3. The molecule has 15 heavy (non-hydrogen) atoms. The molecule has 4 N–H and O–H groups in total. The Morgan fingerprint density at radius 2 is 2.40 bits per heavy atom. The molecule has 0 heterocycles. The number of hydrogen-bond acceptors (Lipinski definition) is 4. The van der Waals surface area contributed by atoms with E-state index in [1.807, 2.05) is 0 Å². The van der Waals surface area contributed by atoms with Crippen LogP contribution in [0.3, 0.4) is 0 Å². The van der Waals surface area contributed by atoms with Crippen LogP contribution in [-0.2, 0) is 0 Å². The highest BCUT2D eigenvalue weighted by Crippen LogP contribution is 2.21. The van der Waals surface area contributed by atoms with E-state index in [9.17, 15) is 4.79 Å². The number of phenolic OH excluding ortho intramolecular Hbond substituents is 1. The summed E-state index contributed by atoms with van der Waals surface area (Å²) < 4.78 is 4.99. The van der Waals surface area contributed by atoms with Gasteiger partial charge in [0.1, 0.15) is 11.5 Å². The number of hydrazone groups is 1. The number of rotatable bonds is 3. The molecular formula is C9H11N3O3. The molecule has 6 nitrogen and oxygen atoms in total. The van der Waals surface area contributed by atoms with Gasteiger partial charge < -0.3 is 15.6 Å². The SMILES string of the molecule is COc1cc(O)ccc1C=NNC(N)=O. The standard InChI is InChI=1S/C9H11N3O3/c1-15-8-4-7(13)3-2-6(8)5-11-12-9(10)14/h2-5,13H,1H3,(H3,10,12,14).